The summed E-state index contributed by atoms with van der Waals surface area (Å²) in [4.78, 5) is 24.6. The van der Waals surface area contributed by atoms with Crippen LogP contribution in [0.3, 0.4) is 0 Å². The lowest BCUT2D eigenvalue weighted by atomic mass is 9.52. The summed E-state index contributed by atoms with van der Waals surface area (Å²) in [5.41, 5.74) is 5.56. The molecule has 3 aliphatic carbocycles. The molecule has 0 aromatic heterocycles. The molecular weight excluding hydrogens is 362 g/mol. The fourth-order valence-corrected chi connectivity index (χ4v) is 7.50. The summed E-state index contributed by atoms with van der Waals surface area (Å²) in [6.45, 7) is 5.76. The fourth-order valence-electron chi connectivity index (χ4n) is 7.50. The van der Waals surface area contributed by atoms with E-state index in [-0.39, 0.29) is 30.1 Å². The van der Waals surface area contributed by atoms with Gasteiger partial charge in [0.1, 0.15) is 0 Å². The number of nitrogens with one attached hydrogen (secondary N) is 2. The Bertz CT molecular complexity index is 572. The zero-order valence-corrected chi connectivity index (χ0v) is 17.5. The van der Waals surface area contributed by atoms with E-state index in [0.717, 1.165) is 24.7 Å². The summed E-state index contributed by atoms with van der Waals surface area (Å²) in [5, 5.41) is 6.34. The van der Waals surface area contributed by atoms with Crippen LogP contribution in [0.5, 0.6) is 0 Å². The minimum absolute atomic E-state index is 0. The van der Waals surface area contributed by atoms with Gasteiger partial charge in [-0.3, -0.25) is 9.59 Å². The third-order valence-electron chi connectivity index (χ3n) is 8.23. The SMILES string of the molecule is C[C@H]1CC(=O)NC2CCC3C(C[C@H](C)C4C(C(=O)NCCN)CCC34)C21.Cl. The maximum absolute atomic E-state index is 12.7. The van der Waals surface area contributed by atoms with E-state index >= 15 is 0 Å². The van der Waals surface area contributed by atoms with Gasteiger partial charge in [0.2, 0.25) is 11.8 Å². The lowest BCUT2D eigenvalue weighted by molar-refractivity contribution is -0.134. The fraction of sp³-hybridized carbons (Fsp3) is 0.905. The lowest BCUT2D eigenvalue weighted by Gasteiger charge is -2.55. The van der Waals surface area contributed by atoms with Gasteiger partial charge in [0, 0.05) is 31.5 Å². The third kappa shape index (κ3) is 3.62. The number of amides is 2. The number of hydrogen-bond donors (Lipinski definition) is 3. The topological polar surface area (TPSA) is 84.2 Å². The quantitative estimate of drug-likeness (QED) is 0.683. The molecular formula is C21H36ClN3O2. The third-order valence-corrected chi connectivity index (χ3v) is 8.23. The summed E-state index contributed by atoms with van der Waals surface area (Å²) in [6.07, 6.45) is 6.52. The molecule has 4 N–H and O–H groups in total. The molecule has 3 saturated carbocycles. The molecule has 4 aliphatic rings. The first-order valence-electron chi connectivity index (χ1n) is 10.8. The molecule has 4 fully saturated rings. The van der Waals surface area contributed by atoms with E-state index in [1.54, 1.807) is 0 Å². The average Bonchev–Trinajstić information content (AvgIpc) is 3.05. The smallest absolute Gasteiger partial charge is 0.223 e. The molecule has 27 heavy (non-hydrogen) atoms. The number of hydrogen-bond acceptors (Lipinski definition) is 3. The summed E-state index contributed by atoms with van der Waals surface area (Å²) in [6, 6.07) is 0.390. The van der Waals surface area contributed by atoms with Crippen LogP contribution < -0.4 is 16.4 Å². The molecule has 0 radical (unpaired) electrons. The maximum Gasteiger partial charge on any atom is 0.223 e. The number of nitrogens with two attached hydrogens (primary N) is 1. The van der Waals surface area contributed by atoms with Crippen LogP contribution in [0, 0.1) is 47.3 Å². The molecule has 0 aromatic carbocycles. The van der Waals surface area contributed by atoms with Crippen LogP contribution in [0.4, 0.5) is 0 Å². The Hall–Kier alpha value is -0.810. The highest BCUT2D eigenvalue weighted by Gasteiger charge is 2.56. The van der Waals surface area contributed by atoms with Crippen LogP contribution in [0.15, 0.2) is 0 Å². The van der Waals surface area contributed by atoms with Crippen LogP contribution >= 0.6 is 12.4 Å². The number of carbonyl (C=O) groups excluding carboxylic acids is 2. The van der Waals surface area contributed by atoms with Gasteiger partial charge < -0.3 is 16.4 Å². The summed E-state index contributed by atoms with van der Waals surface area (Å²) in [7, 11) is 0. The number of carbonyl (C=O) groups is 2. The number of fused-ring (bicyclic) bond motifs is 5. The van der Waals surface area contributed by atoms with Crippen LogP contribution in [-0.2, 0) is 9.59 Å². The predicted octanol–water partition coefficient (Wildman–Crippen LogP) is 2.33. The Labute approximate surface area is 169 Å². The minimum atomic E-state index is 0. The summed E-state index contributed by atoms with van der Waals surface area (Å²) in [5.74, 6) is 5.12. The number of halogens is 1. The van der Waals surface area contributed by atoms with Crippen molar-refractivity contribution in [2.45, 2.75) is 58.4 Å². The largest absolute Gasteiger partial charge is 0.355 e. The number of rotatable bonds is 3. The molecule has 2 amide bonds. The van der Waals surface area contributed by atoms with E-state index in [4.69, 9.17) is 5.73 Å². The van der Waals surface area contributed by atoms with Crippen molar-refractivity contribution in [3.8, 4) is 0 Å². The van der Waals surface area contributed by atoms with Crippen molar-refractivity contribution in [1.82, 2.24) is 10.6 Å². The average molecular weight is 398 g/mol. The van der Waals surface area contributed by atoms with Crippen molar-refractivity contribution >= 4 is 24.2 Å². The predicted molar refractivity (Wildman–Crippen MR) is 108 cm³/mol. The van der Waals surface area contributed by atoms with Crippen molar-refractivity contribution in [3.63, 3.8) is 0 Å². The van der Waals surface area contributed by atoms with E-state index < -0.39 is 0 Å². The Morgan fingerprint density at radius 2 is 1.81 bits per heavy atom. The molecule has 0 aromatic rings. The normalized spacial score (nSPS) is 45.6. The highest BCUT2D eigenvalue weighted by molar-refractivity contribution is 5.85. The minimum Gasteiger partial charge on any atom is -0.355 e. The van der Waals surface area contributed by atoms with E-state index in [2.05, 4.69) is 24.5 Å². The molecule has 6 heteroatoms. The van der Waals surface area contributed by atoms with Gasteiger partial charge in [-0.1, -0.05) is 13.8 Å². The molecule has 5 nitrogen and oxygen atoms in total. The van der Waals surface area contributed by atoms with E-state index in [0.29, 0.717) is 55.1 Å². The molecule has 0 bridgehead atoms. The second kappa shape index (κ2) is 8.28. The maximum atomic E-state index is 12.7. The highest BCUT2D eigenvalue weighted by Crippen LogP contribution is 2.59. The van der Waals surface area contributed by atoms with Crippen molar-refractivity contribution < 1.29 is 9.59 Å². The van der Waals surface area contributed by atoms with E-state index in [1.807, 2.05) is 0 Å². The van der Waals surface area contributed by atoms with Crippen LogP contribution in [0.25, 0.3) is 0 Å². The first-order valence-corrected chi connectivity index (χ1v) is 10.8. The number of piperidine rings is 1. The lowest BCUT2D eigenvalue weighted by Crippen LogP contribution is -2.58. The molecule has 7 unspecified atom stereocenters. The second-order valence-electron chi connectivity index (χ2n) is 9.56. The van der Waals surface area contributed by atoms with Gasteiger partial charge in [0.15, 0.2) is 0 Å². The van der Waals surface area contributed by atoms with Crippen LogP contribution in [0.1, 0.15) is 52.4 Å². The molecule has 1 aliphatic heterocycles. The van der Waals surface area contributed by atoms with Crippen molar-refractivity contribution in [1.29, 1.82) is 0 Å². The van der Waals surface area contributed by atoms with E-state index in [1.165, 1.54) is 19.3 Å². The van der Waals surface area contributed by atoms with Gasteiger partial charge in [-0.15, -0.1) is 12.4 Å². The first-order chi connectivity index (χ1) is 12.5. The summed E-state index contributed by atoms with van der Waals surface area (Å²) >= 11 is 0. The zero-order chi connectivity index (χ0) is 18.4. The molecule has 9 atom stereocenters. The van der Waals surface area contributed by atoms with Gasteiger partial charge in [-0.25, -0.2) is 0 Å². The van der Waals surface area contributed by atoms with Crippen molar-refractivity contribution in [3.05, 3.63) is 0 Å². The molecule has 1 heterocycles. The van der Waals surface area contributed by atoms with Gasteiger partial charge in [0.25, 0.3) is 0 Å². The molecule has 0 spiro atoms. The Kier molecular flexibility index (Phi) is 6.41. The van der Waals surface area contributed by atoms with Gasteiger partial charge in [-0.05, 0) is 73.5 Å². The van der Waals surface area contributed by atoms with Crippen LogP contribution in [0.2, 0.25) is 0 Å². The standard InChI is InChI=1S/C21H35N3O2.ClH/c1-11-9-16-13(5-6-17-20(16)12(2)10-18(25)24-17)14-3-4-15(19(11)14)21(26)23-8-7-22;/h11-17,19-20H,3-10,22H2,1-2H3,(H,23,26)(H,24,25);1H/t11-,12-,13?,14?,15?,16?,17?,19?,20?;/m0./s1. The summed E-state index contributed by atoms with van der Waals surface area (Å²) < 4.78 is 0. The highest BCUT2D eigenvalue weighted by atomic mass is 35.5. The molecule has 154 valence electrons. The van der Waals surface area contributed by atoms with Gasteiger partial charge in [0.05, 0.1) is 0 Å². The van der Waals surface area contributed by atoms with Crippen LogP contribution in [-0.4, -0.2) is 30.9 Å². The molecule has 1 saturated heterocycles. The Morgan fingerprint density at radius 1 is 1.07 bits per heavy atom. The second-order valence-corrected chi connectivity index (χ2v) is 9.56. The Morgan fingerprint density at radius 3 is 2.56 bits per heavy atom. The monoisotopic (exact) mass is 397 g/mol. The molecule has 4 rings (SSSR count). The van der Waals surface area contributed by atoms with Gasteiger partial charge in [-0.2, -0.15) is 0 Å². The van der Waals surface area contributed by atoms with Crippen molar-refractivity contribution in [2.24, 2.45) is 53.1 Å². The Balaban J connectivity index is 0.00000210. The van der Waals surface area contributed by atoms with Crippen molar-refractivity contribution in [2.75, 3.05) is 13.1 Å². The van der Waals surface area contributed by atoms with Gasteiger partial charge >= 0.3 is 0 Å². The van der Waals surface area contributed by atoms with E-state index in [9.17, 15) is 9.59 Å². The zero-order valence-electron chi connectivity index (χ0n) is 16.7. The first kappa shape index (κ1) is 20.9.